The Kier molecular flexibility index (Phi) is 8.32. The monoisotopic (exact) mass is 363 g/mol. The van der Waals surface area contributed by atoms with E-state index in [2.05, 4.69) is 42.2 Å². The van der Waals surface area contributed by atoms with Gasteiger partial charge in [0.1, 0.15) is 0 Å². The molecule has 0 bridgehead atoms. The van der Waals surface area contributed by atoms with E-state index in [1.54, 1.807) is 18.1 Å². The van der Waals surface area contributed by atoms with Crippen LogP contribution in [0, 0.1) is 0 Å². The third kappa shape index (κ3) is 5.32. The number of hydrogen-bond donors (Lipinski definition) is 1. The minimum absolute atomic E-state index is 0.109. The van der Waals surface area contributed by atoms with Crippen molar-refractivity contribution < 1.29 is 4.79 Å². The highest BCUT2D eigenvalue weighted by atomic mass is 16.1. The van der Waals surface area contributed by atoms with E-state index in [0.29, 0.717) is 0 Å². The van der Waals surface area contributed by atoms with Gasteiger partial charge in [-0.1, -0.05) is 69.7 Å². The number of fused-ring (bicyclic) bond motifs is 2. The van der Waals surface area contributed by atoms with Crippen molar-refractivity contribution in [1.82, 2.24) is 4.98 Å². The summed E-state index contributed by atoms with van der Waals surface area (Å²) in [6.07, 6.45) is 7.67. The average molecular weight is 364 g/mol. The van der Waals surface area contributed by atoms with E-state index in [1.807, 2.05) is 32.0 Å². The Bertz CT molecular complexity index is 835. The first-order chi connectivity index (χ1) is 13.2. The third-order valence-corrected chi connectivity index (χ3v) is 5.03. The fourth-order valence-corrected chi connectivity index (χ4v) is 3.72. The molecule has 0 saturated carbocycles. The maximum absolute atomic E-state index is 11.4. The molecular weight excluding hydrogens is 330 g/mol. The minimum atomic E-state index is 0.109. The molecule has 4 rings (SSSR count). The molecule has 3 aromatic rings. The van der Waals surface area contributed by atoms with Crippen molar-refractivity contribution in [2.75, 3.05) is 0 Å². The van der Waals surface area contributed by atoms with Crippen molar-refractivity contribution in [2.45, 2.75) is 66.2 Å². The molecule has 0 radical (unpaired) electrons. The lowest BCUT2D eigenvalue weighted by atomic mass is 10.0. The zero-order valence-electron chi connectivity index (χ0n) is 17.3. The Morgan fingerprint density at radius 1 is 0.889 bits per heavy atom. The summed E-state index contributed by atoms with van der Waals surface area (Å²) in [6, 6.07) is 16.9. The molecule has 1 N–H and O–H groups in total. The summed E-state index contributed by atoms with van der Waals surface area (Å²) in [6.45, 7) is 7.67. The molecule has 144 valence electrons. The highest BCUT2D eigenvalue weighted by Crippen LogP contribution is 2.23. The van der Waals surface area contributed by atoms with Crippen molar-refractivity contribution >= 4 is 16.7 Å². The Morgan fingerprint density at radius 2 is 1.44 bits per heavy atom. The summed E-state index contributed by atoms with van der Waals surface area (Å²) >= 11 is 0. The van der Waals surface area contributed by atoms with Gasteiger partial charge in [0.2, 0.25) is 0 Å². The number of H-pyrrole nitrogens is 1. The molecule has 0 spiro atoms. The van der Waals surface area contributed by atoms with Crippen LogP contribution in [0.2, 0.25) is 0 Å². The van der Waals surface area contributed by atoms with Crippen LogP contribution < -0.4 is 0 Å². The van der Waals surface area contributed by atoms with Gasteiger partial charge in [0, 0.05) is 17.8 Å². The molecule has 0 amide bonds. The van der Waals surface area contributed by atoms with Crippen LogP contribution >= 0.6 is 0 Å². The number of para-hydroxylation sites is 1. The van der Waals surface area contributed by atoms with E-state index >= 15 is 0 Å². The van der Waals surface area contributed by atoms with Gasteiger partial charge in [0.25, 0.3) is 0 Å². The maximum Gasteiger partial charge on any atom is 0.176 e. The van der Waals surface area contributed by atoms with Crippen LogP contribution in [0.25, 0.3) is 10.9 Å². The molecule has 2 heteroatoms. The molecule has 2 nitrogen and oxygen atoms in total. The fraction of sp³-hybridized carbons (Fsp3) is 0.400. The number of carbonyl (C=O) groups excluding carboxylic acids is 1. The van der Waals surface area contributed by atoms with Crippen LogP contribution in [0.4, 0.5) is 0 Å². The van der Waals surface area contributed by atoms with Gasteiger partial charge in [0.15, 0.2) is 5.78 Å². The van der Waals surface area contributed by atoms with E-state index in [1.165, 1.54) is 37.5 Å². The summed E-state index contributed by atoms with van der Waals surface area (Å²) in [5, 5.41) is 1.17. The number of carbonyl (C=O) groups is 1. The lowest BCUT2D eigenvalue weighted by Gasteiger charge is -2.02. The summed E-state index contributed by atoms with van der Waals surface area (Å²) in [4.78, 5) is 14.5. The Labute approximate surface area is 164 Å². The first-order valence-corrected chi connectivity index (χ1v) is 10.4. The van der Waals surface area contributed by atoms with Crippen LogP contribution in [-0.2, 0) is 19.3 Å². The normalized spacial score (nSPS) is 12.7. The average Bonchev–Trinajstić information content (AvgIpc) is 2.93. The van der Waals surface area contributed by atoms with Crippen LogP contribution in [0.3, 0.4) is 0 Å². The molecule has 1 heterocycles. The lowest BCUT2D eigenvalue weighted by molar-refractivity contribution is 0.101. The van der Waals surface area contributed by atoms with Crippen molar-refractivity contribution in [1.29, 1.82) is 0 Å². The second kappa shape index (κ2) is 10.7. The third-order valence-electron chi connectivity index (χ3n) is 5.03. The topological polar surface area (TPSA) is 32.9 Å². The number of nitrogens with one attached hydrogen (secondary N) is 1. The van der Waals surface area contributed by atoms with Crippen LogP contribution in [0.5, 0.6) is 0 Å². The first-order valence-electron chi connectivity index (χ1n) is 10.4. The van der Waals surface area contributed by atoms with Gasteiger partial charge >= 0.3 is 0 Å². The maximum atomic E-state index is 11.4. The van der Waals surface area contributed by atoms with Crippen molar-refractivity contribution in [3.63, 3.8) is 0 Å². The van der Waals surface area contributed by atoms with Crippen LogP contribution in [0.15, 0.2) is 48.5 Å². The largest absolute Gasteiger partial charge is 0.352 e. The molecule has 0 fully saturated rings. The van der Waals surface area contributed by atoms with Gasteiger partial charge in [-0.25, -0.2) is 0 Å². The molecular formula is C25H33NO. The molecule has 0 saturated heterocycles. The summed E-state index contributed by atoms with van der Waals surface area (Å²) in [5.41, 5.74) is 6.12. The smallest absolute Gasteiger partial charge is 0.176 e. The first kappa shape index (κ1) is 21.0. The number of aromatic amines is 1. The number of benzene rings is 2. The van der Waals surface area contributed by atoms with Gasteiger partial charge < -0.3 is 4.98 Å². The van der Waals surface area contributed by atoms with Crippen molar-refractivity contribution in [2.24, 2.45) is 0 Å². The highest BCUT2D eigenvalue weighted by Gasteiger charge is 2.12. The summed E-state index contributed by atoms with van der Waals surface area (Å²) in [7, 11) is 0. The second-order valence-electron chi connectivity index (χ2n) is 6.76. The molecule has 1 aliphatic rings. The quantitative estimate of drug-likeness (QED) is 0.389. The molecule has 27 heavy (non-hydrogen) atoms. The van der Waals surface area contributed by atoms with E-state index < -0.39 is 0 Å². The van der Waals surface area contributed by atoms with Gasteiger partial charge in [-0.05, 0) is 54.9 Å². The summed E-state index contributed by atoms with van der Waals surface area (Å²) < 4.78 is 0. The number of Topliss-reactive ketones (excluding diaryl/α,β-unsaturated/α-hetero) is 1. The van der Waals surface area contributed by atoms with Crippen LogP contribution in [-0.4, -0.2) is 10.8 Å². The van der Waals surface area contributed by atoms with E-state index in [0.717, 1.165) is 23.2 Å². The Hall–Kier alpha value is -2.35. The zero-order valence-corrected chi connectivity index (χ0v) is 17.3. The van der Waals surface area contributed by atoms with Crippen LogP contribution in [0.1, 0.15) is 74.1 Å². The molecule has 1 aliphatic carbocycles. The standard InChI is InChI=1S/C12H13NO.C11H14.C2H6/c1-3-9-10-6-4-5-7-11(10)13-12(9)8(2)14;1-2-6-10-8-4-5-9-11(10)7-3-1;1-2/h4-7,13H,3H2,1-2H3;4-5,8-9H,1-3,6-7H2;1-2H3. The minimum Gasteiger partial charge on any atom is -0.352 e. The molecule has 0 aliphatic heterocycles. The summed E-state index contributed by atoms with van der Waals surface area (Å²) in [5.74, 6) is 0.109. The number of aromatic nitrogens is 1. The fourth-order valence-electron chi connectivity index (χ4n) is 3.72. The highest BCUT2D eigenvalue weighted by molar-refractivity contribution is 6.00. The molecule has 0 unspecified atom stereocenters. The van der Waals surface area contributed by atoms with Crippen molar-refractivity contribution in [3.8, 4) is 0 Å². The number of rotatable bonds is 2. The van der Waals surface area contributed by atoms with E-state index in [9.17, 15) is 4.79 Å². The molecule has 2 aromatic carbocycles. The predicted molar refractivity (Wildman–Crippen MR) is 117 cm³/mol. The Morgan fingerprint density at radius 3 is 2.00 bits per heavy atom. The number of hydrogen-bond acceptors (Lipinski definition) is 1. The number of ketones is 1. The van der Waals surface area contributed by atoms with Gasteiger partial charge in [0.05, 0.1) is 5.69 Å². The number of aryl methyl sites for hydroxylation is 3. The van der Waals surface area contributed by atoms with Gasteiger partial charge in [-0.3, -0.25) is 4.79 Å². The second-order valence-corrected chi connectivity index (χ2v) is 6.76. The van der Waals surface area contributed by atoms with Crippen molar-refractivity contribution in [3.05, 3.63) is 70.9 Å². The SMILES string of the molecule is CC.CCc1c(C(C)=O)[nH]c2ccccc12.c1ccc2c(c1)CCCCC2. The predicted octanol–water partition coefficient (Wildman–Crippen LogP) is 6.91. The van der Waals surface area contributed by atoms with E-state index in [-0.39, 0.29) is 5.78 Å². The molecule has 0 atom stereocenters. The Balaban J connectivity index is 0.000000181. The van der Waals surface area contributed by atoms with E-state index in [4.69, 9.17) is 0 Å². The lowest BCUT2D eigenvalue weighted by Crippen LogP contribution is -1.96. The zero-order chi connectivity index (χ0) is 19.6. The van der Waals surface area contributed by atoms with Gasteiger partial charge in [-0.15, -0.1) is 0 Å². The molecule has 1 aromatic heterocycles. The van der Waals surface area contributed by atoms with Gasteiger partial charge in [-0.2, -0.15) is 0 Å².